The van der Waals surface area contributed by atoms with Gasteiger partial charge in [0.1, 0.15) is 18.5 Å². The Bertz CT molecular complexity index is 821. The van der Waals surface area contributed by atoms with Gasteiger partial charge in [-0.25, -0.2) is 8.78 Å². The minimum absolute atomic E-state index is 0.199. The van der Waals surface area contributed by atoms with E-state index in [-0.39, 0.29) is 30.7 Å². The number of nitrogens with one attached hydrogen (secondary N) is 1. The van der Waals surface area contributed by atoms with Gasteiger partial charge in [-0.2, -0.15) is 0 Å². The van der Waals surface area contributed by atoms with Gasteiger partial charge in [0.15, 0.2) is 0 Å². The average molecular weight is 394 g/mol. The van der Waals surface area contributed by atoms with Crippen molar-refractivity contribution in [2.75, 3.05) is 25.1 Å². The summed E-state index contributed by atoms with van der Waals surface area (Å²) >= 11 is 0. The van der Waals surface area contributed by atoms with Crippen molar-refractivity contribution in [3.8, 4) is 0 Å². The highest BCUT2D eigenvalue weighted by molar-refractivity contribution is 6.10. The normalized spacial score (nSPS) is 18.6. The molecular weight excluding hydrogens is 370 g/mol. The molecule has 1 aromatic carbocycles. The maximum Gasteiger partial charge on any atom is 0.308 e. The summed E-state index contributed by atoms with van der Waals surface area (Å²) in [5.74, 6) is -1.85. The second kappa shape index (κ2) is 7.48. The molecule has 0 spiro atoms. The van der Waals surface area contributed by atoms with Crippen LogP contribution in [0.25, 0.3) is 0 Å². The summed E-state index contributed by atoms with van der Waals surface area (Å²) in [5, 5.41) is 2.36. The van der Waals surface area contributed by atoms with Gasteiger partial charge in [-0.05, 0) is 44.2 Å². The van der Waals surface area contributed by atoms with Crippen molar-refractivity contribution in [3.63, 3.8) is 0 Å². The molecule has 1 fully saturated rings. The molecule has 1 atom stereocenters. The van der Waals surface area contributed by atoms with Crippen LogP contribution >= 0.6 is 0 Å². The molecule has 1 aliphatic heterocycles. The number of fused-ring (bicyclic) bond motifs is 1. The predicted molar refractivity (Wildman–Crippen MR) is 98.3 cm³/mol. The van der Waals surface area contributed by atoms with E-state index in [4.69, 9.17) is 0 Å². The van der Waals surface area contributed by atoms with Crippen LogP contribution in [-0.4, -0.2) is 44.2 Å². The molecule has 2 amide bonds. The van der Waals surface area contributed by atoms with Gasteiger partial charge >= 0.3 is 5.97 Å². The zero-order valence-electron chi connectivity index (χ0n) is 16.2. The van der Waals surface area contributed by atoms with Crippen LogP contribution in [0.3, 0.4) is 0 Å². The molecule has 1 N–H and O–H groups in total. The van der Waals surface area contributed by atoms with Crippen molar-refractivity contribution < 1.29 is 27.9 Å². The second-order valence-electron chi connectivity index (χ2n) is 7.84. The molecule has 8 heteroatoms. The highest BCUT2D eigenvalue weighted by Crippen LogP contribution is 2.48. The zero-order chi connectivity index (χ0) is 20.6. The Morgan fingerprint density at radius 3 is 2.64 bits per heavy atom. The van der Waals surface area contributed by atoms with Crippen LogP contribution in [0.15, 0.2) is 12.1 Å². The Balaban J connectivity index is 1.72. The van der Waals surface area contributed by atoms with Crippen LogP contribution in [0.2, 0.25) is 0 Å². The number of rotatable bonds is 7. The summed E-state index contributed by atoms with van der Waals surface area (Å²) in [7, 11) is 1.15. The topological polar surface area (TPSA) is 75.7 Å². The number of nitrogens with zero attached hydrogens (tertiary/aromatic N) is 1. The monoisotopic (exact) mass is 394 g/mol. The van der Waals surface area contributed by atoms with Crippen LogP contribution in [0.1, 0.15) is 50.2 Å². The molecule has 1 saturated carbocycles. The molecule has 1 aromatic rings. The first-order chi connectivity index (χ1) is 13.2. The molecule has 0 unspecified atom stereocenters. The Morgan fingerprint density at radius 2 is 2.04 bits per heavy atom. The lowest BCUT2D eigenvalue weighted by Gasteiger charge is -2.20. The Morgan fingerprint density at radius 1 is 1.36 bits per heavy atom. The van der Waals surface area contributed by atoms with Gasteiger partial charge in [0.05, 0.1) is 24.6 Å². The average Bonchev–Trinajstić information content (AvgIpc) is 3.45. The van der Waals surface area contributed by atoms with E-state index in [0.29, 0.717) is 16.8 Å². The number of benzene rings is 1. The Kier molecular flexibility index (Phi) is 5.41. The van der Waals surface area contributed by atoms with Crippen molar-refractivity contribution in [2.45, 2.75) is 50.6 Å². The molecule has 152 valence electrons. The van der Waals surface area contributed by atoms with E-state index in [1.165, 1.54) is 4.90 Å². The van der Waals surface area contributed by atoms with Gasteiger partial charge in [-0.1, -0.05) is 6.07 Å². The fourth-order valence-corrected chi connectivity index (χ4v) is 3.58. The molecule has 0 saturated heterocycles. The molecular formula is C20H24F2N2O4. The van der Waals surface area contributed by atoms with Crippen LogP contribution in [0.5, 0.6) is 0 Å². The lowest BCUT2D eigenvalue weighted by atomic mass is 9.84. The van der Waals surface area contributed by atoms with Gasteiger partial charge in [-0.3, -0.25) is 14.4 Å². The maximum absolute atomic E-state index is 15.1. The highest BCUT2D eigenvalue weighted by atomic mass is 19.1. The second-order valence-corrected chi connectivity index (χ2v) is 7.84. The molecule has 1 heterocycles. The van der Waals surface area contributed by atoms with E-state index in [1.54, 1.807) is 26.0 Å². The molecule has 6 nitrogen and oxygen atoms in total. The summed E-state index contributed by atoms with van der Waals surface area (Å²) in [6.07, 6.45) is -0.184. The summed E-state index contributed by atoms with van der Waals surface area (Å²) < 4.78 is 33.1. The maximum atomic E-state index is 15.1. The summed E-state index contributed by atoms with van der Waals surface area (Å²) in [5.41, 5.74) is 0.217. The van der Waals surface area contributed by atoms with Crippen molar-refractivity contribution in [2.24, 2.45) is 0 Å². The predicted octanol–water partition coefficient (Wildman–Crippen LogP) is 2.34. The van der Waals surface area contributed by atoms with Crippen LogP contribution in [-0.2, 0) is 24.5 Å². The first kappa shape index (κ1) is 20.2. The van der Waals surface area contributed by atoms with Crippen LogP contribution in [0, 0.1) is 5.82 Å². The number of alkyl halides is 1. The van der Waals surface area contributed by atoms with Crippen LogP contribution < -0.4 is 10.2 Å². The third kappa shape index (κ3) is 3.72. The fourth-order valence-electron chi connectivity index (χ4n) is 3.58. The van der Waals surface area contributed by atoms with Crippen molar-refractivity contribution >= 4 is 23.5 Å². The fraction of sp³-hybridized carbons (Fsp3) is 0.550. The number of carbonyl (C=O) groups excluding carboxylic acids is 3. The van der Waals surface area contributed by atoms with Gasteiger partial charge in [0.2, 0.25) is 11.8 Å². The minimum Gasteiger partial charge on any atom is -0.469 e. The number of anilines is 1. The molecule has 0 aromatic heterocycles. The number of esters is 1. The van der Waals surface area contributed by atoms with E-state index in [9.17, 15) is 18.8 Å². The summed E-state index contributed by atoms with van der Waals surface area (Å²) in [6.45, 7) is 2.56. The van der Waals surface area contributed by atoms with E-state index >= 15 is 4.39 Å². The SMILES string of the molecule is COC(=O)C[C@H](F)CNC(=O)CN1C(=O)C(C)(C)c2c1ccc(C1CC1)c2F. The van der Waals surface area contributed by atoms with Gasteiger partial charge in [0.25, 0.3) is 0 Å². The molecule has 1 aliphatic carbocycles. The van der Waals surface area contributed by atoms with Gasteiger partial charge in [-0.15, -0.1) is 0 Å². The number of ether oxygens (including phenoxy) is 1. The smallest absolute Gasteiger partial charge is 0.308 e. The largest absolute Gasteiger partial charge is 0.469 e. The number of amides is 2. The van der Waals surface area contributed by atoms with E-state index in [1.807, 2.05) is 0 Å². The number of carbonyl (C=O) groups is 3. The Labute approximate surface area is 162 Å². The first-order valence-electron chi connectivity index (χ1n) is 9.29. The standard InChI is InChI=1S/C20H24F2N2O4/c1-20(2)17-14(7-6-13(18(17)22)11-4-5-11)24(19(20)27)10-15(25)23-9-12(21)8-16(26)28-3/h6-7,11-12H,4-5,8-10H2,1-3H3,(H,23,25)/t12-/m0/s1. The van der Waals surface area contributed by atoms with Gasteiger partial charge < -0.3 is 15.0 Å². The van der Waals surface area contributed by atoms with Crippen molar-refractivity contribution in [1.29, 1.82) is 0 Å². The summed E-state index contributed by atoms with van der Waals surface area (Å²) in [4.78, 5) is 37.3. The van der Waals surface area contributed by atoms with Crippen molar-refractivity contribution in [3.05, 3.63) is 29.1 Å². The number of hydrogen-bond donors (Lipinski definition) is 1. The molecule has 28 heavy (non-hydrogen) atoms. The molecule has 0 radical (unpaired) electrons. The zero-order valence-corrected chi connectivity index (χ0v) is 16.2. The van der Waals surface area contributed by atoms with E-state index in [0.717, 1.165) is 20.0 Å². The van der Waals surface area contributed by atoms with Gasteiger partial charge in [0, 0.05) is 12.1 Å². The minimum atomic E-state index is -1.59. The molecule has 3 rings (SSSR count). The third-order valence-corrected chi connectivity index (χ3v) is 5.30. The quantitative estimate of drug-likeness (QED) is 0.721. The number of methoxy groups -OCH3 is 1. The lowest BCUT2D eigenvalue weighted by molar-refractivity contribution is -0.142. The lowest BCUT2D eigenvalue weighted by Crippen LogP contribution is -2.44. The third-order valence-electron chi connectivity index (χ3n) is 5.30. The highest BCUT2D eigenvalue weighted by Gasteiger charge is 2.47. The Hall–Kier alpha value is -2.51. The number of halogens is 2. The first-order valence-corrected chi connectivity index (χ1v) is 9.29. The molecule has 0 bridgehead atoms. The van der Waals surface area contributed by atoms with Crippen LogP contribution in [0.4, 0.5) is 14.5 Å². The van der Waals surface area contributed by atoms with E-state index in [2.05, 4.69) is 10.1 Å². The molecule has 2 aliphatic rings. The summed E-state index contributed by atoms with van der Waals surface area (Å²) in [6, 6.07) is 3.36. The number of hydrogen-bond acceptors (Lipinski definition) is 4. The van der Waals surface area contributed by atoms with E-state index < -0.39 is 29.9 Å². The van der Waals surface area contributed by atoms with Crippen molar-refractivity contribution in [1.82, 2.24) is 5.32 Å².